The second kappa shape index (κ2) is 10.7. The summed E-state index contributed by atoms with van der Waals surface area (Å²) in [6.07, 6.45) is 0.228. The number of hydrogen-bond acceptors (Lipinski definition) is 3. The molecule has 6 heteroatoms. The van der Waals surface area contributed by atoms with E-state index in [4.69, 9.17) is 4.52 Å². The fourth-order valence-electron chi connectivity index (χ4n) is 3.24. The molecule has 26 heavy (non-hydrogen) atoms. The Balaban J connectivity index is 3.01. The molecule has 1 rings (SSSR count). The number of rotatable bonds is 10. The van der Waals surface area contributed by atoms with Gasteiger partial charge in [-0.25, -0.2) is 18.1 Å². The summed E-state index contributed by atoms with van der Waals surface area (Å²) in [4.78, 5) is 0. The van der Waals surface area contributed by atoms with Crippen LogP contribution in [0.25, 0.3) is 0 Å². The Labute approximate surface area is 159 Å². The molecule has 0 atom stereocenters. The smallest absolute Gasteiger partial charge is 0.188 e. The van der Waals surface area contributed by atoms with E-state index in [1.807, 2.05) is 0 Å². The van der Waals surface area contributed by atoms with Crippen molar-refractivity contribution in [2.45, 2.75) is 86.0 Å². The summed E-state index contributed by atoms with van der Waals surface area (Å²) in [5, 5.41) is 0. The van der Waals surface area contributed by atoms with Crippen molar-refractivity contribution in [1.29, 1.82) is 0 Å². The highest BCUT2D eigenvalue weighted by Crippen LogP contribution is 2.50. The maximum Gasteiger partial charge on any atom is 0.188 e. The molecular weight excluding hydrogens is 353 g/mol. The zero-order chi connectivity index (χ0) is 20.0. The second-order valence-electron chi connectivity index (χ2n) is 7.67. The molecule has 0 radical (unpaired) electrons. The number of halogens is 2. The van der Waals surface area contributed by atoms with Gasteiger partial charge in [0, 0.05) is 36.2 Å². The molecule has 0 N–H and O–H groups in total. The Bertz CT molecular complexity index is 496. The average Bonchev–Trinajstić information content (AvgIpc) is 2.48. The lowest BCUT2D eigenvalue weighted by Crippen LogP contribution is -2.43. The number of benzene rings is 1. The van der Waals surface area contributed by atoms with Crippen molar-refractivity contribution in [3.63, 3.8) is 0 Å². The van der Waals surface area contributed by atoms with Crippen molar-refractivity contribution in [3.8, 4) is 0 Å². The van der Waals surface area contributed by atoms with Gasteiger partial charge in [-0.3, -0.25) is 0 Å². The molecule has 0 saturated carbocycles. The van der Waals surface area contributed by atoms with Crippen molar-refractivity contribution in [1.82, 2.24) is 9.34 Å². The maximum atomic E-state index is 13.9. The molecule has 1 aromatic rings. The Morgan fingerprint density at radius 3 is 1.54 bits per heavy atom. The van der Waals surface area contributed by atoms with E-state index in [2.05, 4.69) is 64.7 Å². The molecule has 3 nitrogen and oxygen atoms in total. The van der Waals surface area contributed by atoms with E-state index >= 15 is 0 Å². The highest BCUT2D eigenvalue weighted by Gasteiger charge is 2.34. The van der Waals surface area contributed by atoms with Gasteiger partial charge in [-0.05, 0) is 67.5 Å². The largest absolute Gasteiger partial charge is 0.331 e. The third-order valence-corrected chi connectivity index (χ3v) is 7.18. The zero-order valence-corrected chi connectivity index (χ0v) is 18.4. The van der Waals surface area contributed by atoms with Crippen molar-refractivity contribution in [2.75, 3.05) is 6.61 Å². The van der Waals surface area contributed by atoms with Gasteiger partial charge in [0.15, 0.2) is 8.45 Å². The summed E-state index contributed by atoms with van der Waals surface area (Å²) in [6.45, 7) is 17.6. The molecule has 0 aliphatic rings. The molecule has 0 saturated heterocycles. The predicted octanol–water partition coefficient (Wildman–Crippen LogP) is 5.99. The van der Waals surface area contributed by atoms with E-state index in [-0.39, 0.29) is 18.6 Å². The van der Waals surface area contributed by atoms with Crippen LogP contribution >= 0.6 is 8.45 Å². The van der Waals surface area contributed by atoms with Crippen molar-refractivity contribution < 1.29 is 13.3 Å². The first-order chi connectivity index (χ1) is 12.1. The zero-order valence-electron chi connectivity index (χ0n) is 17.5. The summed E-state index contributed by atoms with van der Waals surface area (Å²) in [6, 6.07) is 5.23. The van der Waals surface area contributed by atoms with Crippen LogP contribution in [0.4, 0.5) is 8.78 Å². The van der Waals surface area contributed by atoms with Crippen LogP contribution in [-0.2, 0) is 10.9 Å². The predicted molar refractivity (Wildman–Crippen MR) is 107 cm³/mol. The van der Waals surface area contributed by atoms with Crippen LogP contribution in [0.2, 0.25) is 0 Å². The van der Waals surface area contributed by atoms with E-state index in [1.165, 1.54) is 18.2 Å². The summed E-state index contributed by atoms with van der Waals surface area (Å²) in [5.74, 6) is -1.01. The van der Waals surface area contributed by atoms with E-state index in [9.17, 15) is 8.78 Å². The molecule has 0 spiro atoms. The van der Waals surface area contributed by atoms with E-state index in [0.29, 0.717) is 24.2 Å². The van der Waals surface area contributed by atoms with Gasteiger partial charge in [0.05, 0.1) is 6.61 Å². The molecule has 0 heterocycles. The Morgan fingerprint density at radius 2 is 1.19 bits per heavy atom. The summed E-state index contributed by atoms with van der Waals surface area (Å²) >= 11 is 0. The molecule has 0 unspecified atom stereocenters. The van der Waals surface area contributed by atoms with Crippen molar-refractivity contribution in [2.24, 2.45) is 0 Å². The number of hydrogen-bond donors (Lipinski definition) is 0. The number of nitrogens with zero attached hydrogens (tertiary/aromatic N) is 2. The second-order valence-corrected chi connectivity index (χ2v) is 9.36. The van der Waals surface area contributed by atoms with Crippen LogP contribution in [-0.4, -0.2) is 40.1 Å². The van der Waals surface area contributed by atoms with E-state index < -0.39 is 20.1 Å². The minimum atomic E-state index is -1.04. The van der Waals surface area contributed by atoms with Crippen LogP contribution in [0.5, 0.6) is 0 Å². The lowest BCUT2D eigenvalue weighted by Gasteiger charge is -2.45. The van der Waals surface area contributed by atoms with Crippen LogP contribution in [0.1, 0.15) is 61.0 Å². The Hall–Kier alpha value is -0.610. The van der Waals surface area contributed by atoms with Gasteiger partial charge >= 0.3 is 0 Å². The van der Waals surface area contributed by atoms with Gasteiger partial charge < -0.3 is 4.52 Å². The minimum absolute atomic E-state index is 0.101. The van der Waals surface area contributed by atoms with Crippen LogP contribution in [0.3, 0.4) is 0 Å². The first-order valence-corrected chi connectivity index (χ1v) is 10.7. The van der Waals surface area contributed by atoms with E-state index in [1.54, 1.807) is 0 Å². The summed E-state index contributed by atoms with van der Waals surface area (Å²) < 4.78 is 38.8. The van der Waals surface area contributed by atoms with Crippen LogP contribution < -0.4 is 0 Å². The lowest BCUT2D eigenvalue weighted by atomic mass is 10.1. The molecule has 0 aliphatic heterocycles. The van der Waals surface area contributed by atoms with Gasteiger partial charge in [-0.2, -0.15) is 0 Å². The van der Waals surface area contributed by atoms with E-state index in [0.717, 1.165) is 0 Å². The standard InChI is InChI=1S/C20H35F2N2OP/c1-14(2)23(15(3)4)26(24(16(5)6)17(7)8)25-13-12-18-19(21)10-9-11-20(18)22/h9-11,14-17H,12-13H2,1-8H3. The first-order valence-electron chi connectivity index (χ1n) is 9.50. The third-order valence-electron chi connectivity index (χ3n) is 4.13. The third kappa shape index (κ3) is 6.23. The molecule has 0 aliphatic carbocycles. The average molecular weight is 388 g/mol. The Morgan fingerprint density at radius 1 is 0.808 bits per heavy atom. The summed E-state index contributed by atoms with van der Waals surface area (Å²) in [7, 11) is -1.04. The topological polar surface area (TPSA) is 15.7 Å². The molecule has 0 fully saturated rings. The molecular formula is C20H35F2N2OP. The normalized spacial score (nSPS) is 12.8. The SMILES string of the molecule is CC(C)N(C(C)C)P(OCCc1c(F)cccc1F)N(C(C)C)C(C)C. The van der Waals surface area contributed by atoms with Gasteiger partial charge in [0.1, 0.15) is 11.6 Å². The lowest BCUT2D eigenvalue weighted by molar-refractivity contribution is 0.187. The fourth-order valence-corrected chi connectivity index (χ4v) is 5.58. The highest BCUT2D eigenvalue weighted by molar-refractivity contribution is 7.47. The van der Waals surface area contributed by atoms with Crippen molar-refractivity contribution in [3.05, 3.63) is 35.4 Å². The molecule has 1 aromatic carbocycles. The molecule has 150 valence electrons. The van der Waals surface area contributed by atoms with Gasteiger partial charge in [0.2, 0.25) is 0 Å². The summed E-state index contributed by atoms with van der Waals surface area (Å²) in [5.41, 5.74) is 0.101. The van der Waals surface area contributed by atoms with Gasteiger partial charge in [0.25, 0.3) is 0 Å². The van der Waals surface area contributed by atoms with Gasteiger partial charge in [-0.1, -0.05) is 6.07 Å². The maximum absolute atomic E-state index is 13.9. The first kappa shape index (κ1) is 23.4. The monoisotopic (exact) mass is 388 g/mol. The van der Waals surface area contributed by atoms with Crippen LogP contribution in [0, 0.1) is 11.6 Å². The van der Waals surface area contributed by atoms with Crippen molar-refractivity contribution >= 4 is 8.45 Å². The minimum Gasteiger partial charge on any atom is -0.331 e. The highest BCUT2D eigenvalue weighted by atomic mass is 31.2. The molecule has 0 amide bonds. The molecule has 0 bridgehead atoms. The molecule has 0 aromatic heterocycles. The van der Waals surface area contributed by atoms with Gasteiger partial charge in [-0.15, -0.1) is 0 Å². The fraction of sp³-hybridized carbons (Fsp3) is 0.700. The quantitative estimate of drug-likeness (QED) is 0.458. The Kier molecular flexibility index (Phi) is 9.60. The van der Waals surface area contributed by atoms with Crippen LogP contribution in [0.15, 0.2) is 18.2 Å².